The van der Waals surface area contributed by atoms with Gasteiger partial charge in [0.2, 0.25) is 5.91 Å². The summed E-state index contributed by atoms with van der Waals surface area (Å²) in [6.07, 6.45) is 0.696. The van der Waals surface area contributed by atoms with Gasteiger partial charge in [0, 0.05) is 13.1 Å². The predicted molar refractivity (Wildman–Crippen MR) is 101 cm³/mol. The van der Waals surface area contributed by atoms with Crippen molar-refractivity contribution in [1.82, 2.24) is 15.1 Å². The minimum Gasteiger partial charge on any atom is -0.353 e. The highest BCUT2D eigenvalue weighted by Gasteiger charge is 2.44. The van der Waals surface area contributed by atoms with Crippen LogP contribution in [-0.4, -0.2) is 59.7 Å². The van der Waals surface area contributed by atoms with E-state index in [-0.39, 0.29) is 23.6 Å². The molecule has 0 aromatic heterocycles. The van der Waals surface area contributed by atoms with Crippen LogP contribution in [0.15, 0.2) is 24.3 Å². The summed E-state index contributed by atoms with van der Waals surface area (Å²) < 4.78 is 0. The number of carbonyl (C=O) groups excluding carboxylic acids is 3. The number of rotatable bonds is 9. The Morgan fingerprint density at radius 2 is 1.62 bits per heavy atom. The molecule has 0 fully saturated rings. The van der Waals surface area contributed by atoms with E-state index in [2.05, 4.69) is 24.1 Å². The maximum atomic E-state index is 12.9. The normalized spacial score (nSPS) is 16.0. The van der Waals surface area contributed by atoms with Crippen LogP contribution in [0.1, 0.15) is 54.8 Å². The predicted octanol–water partition coefficient (Wildman–Crippen LogP) is 2.16. The zero-order chi connectivity index (χ0) is 19.3. The fourth-order valence-electron chi connectivity index (χ4n) is 3.30. The van der Waals surface area contributed by atoms with Crippen molar-refractivity contribution in [3.63, 3.8) is 0 Å². The molecule has 1 aliphatic heterocycles. The number of likely N-dealkylation sites (N-methyl/N-ethyl adjacent to an activating group) is 1. The molecule has 0 saturated heterocycles. The molecule has 0 radical (unpaired) electrons. The Hall–Kier alpha value is -2.21. The van der Waals surface area contributed by atoms with Gasteiger partial charge < -0.3 is 10.2 Å². The molecule has 1 N–H and O–H groups in total. The average molecular weight is 359 g/mol. The van der Waals surface area contributed by atoms with Gasteiger partial charge in [-0.1, -0.05) is 46.2 Å². The van der Waals surface area contributed by atoms with Crippen LogP contribution in [0.5, 0.6) is 0 Å². The number of imide groups is 1. The molecular weight excluding hydrogens is 330 g/mol. The van der Waals surface area contributed by atoms with E-state index in [1.54, 1.807) is 24.3 Å². The summed E-state index contributed by atoms with van der Waals surface area (Å²) in [5.74, 6) is -1.14. The lowest BCUT2D eigenvalue weighted by Gasteiger charge is -2.30. The summed E-state index contributed by atoms with van der Waals surface area (Å²) >= 11 is 0. The fourth-order valence-corrected chi connectivity index (χ4v) is 3.30. The van der Waals surface area contributed by atoms with Crippen LogP contribution in [0.4, 0.5) is 0 Å². The van der Waals surface area contributed by atoms with Gasteiger partial charge in [-0.15, -0.1) is 0 Å². The lowest BCUT2D eigenvalue weighted by atomic mass is 9.96. The summed E-state index contributed by atoms with van der Waals surface area (Å²) in [5.41, 5.74) is 0.753. The number of carbonyl (C=O) groups is 3. The zero-order valence-corrected chi connectivity index (χ0v) is 16.1. The maximum absolute atomic E-state index is 12.9. The highest BCUT2D eigenvalue weighted by molar-refractivity contribution is 6.22. The van der Waals surface area contributed by atoms with Crippen LogP contribution < -0.4 is 5.32 Å². The molecule has 1 heterocycles. The number of amides is 3. The zero-order valence-electron chi connectivity index (χ0n) is 16.1. The third kappa shape index (κ3) is 3.96. The van der Waals surface area contributed by atoms with E-state index in [0.717, 1.165) is 24.5 Å². The molecule has 6 heteroatoms. The highest BCUT2D eigenvalue weighted by atomic mass is 16.2. The Kier molecular flexibility index (Phi) is 6.91. The third-order valence-corrected chi connectivity index (χ3v) is 5.18. The number of hydrogen-bond acceptors (Lipinski definition) is 4. The first-order valence-electron chi connectivity index (χ1n) is 9.43. The van der Waals surface area contributed by atoms with Crippen molar-refractivity contribution in [3.05, 3.63) is 35.4 Å². The molecule has 6 nitrogen and oxygen atoms in total. The van der Waals surface area contributed by atoms with Crippen molar-refractivity contribution < 1.29 is 14.4 Å². The second-order valence-corrected chi connectivity index (χ2v) is 6.67. The summed E-state index contributed by atoms with van der Waals surface area (Å²) in [7, 11) is 0. The van der Waals surface area contributed by atoms with E-state index in [1.807, 2.05) is 13.8 Å². The largest absolute Gasteiger partial charge is 0.353 e. The maximum Gasteiger partial charge on any atom is 0.262 e. The number of hydrogen-bond donors (Lipinski definition) is 1. The molecule has 142 valence electrons. The molecule has 26 heavy (non-hydrogen) atoms. The monoisotopic (exact) mass is 359 g/mol. The Morgan fingerprint density at radius 1 is 1.08 bits per heavy atom. The second kappa shape index (κ2) is 8.94. The molecular formula is C20H29N3O3. The molecule has 1 aliphatic rings. The van der Waals surface area contributed by atoms with Crippen molar-refractivity contribution in [2.45, 2.75) is 40.2 Å². The number of nitrogens with one attached hydrogen (secondary N) is 1. The molecule has 0 spiro atoms. The Balaban J connectivity index is 2.17. The van der Waals surface area contributed by atoms with E-state index in [9.17, 15) is 14.4 Å². The highest BCUT2D eigenvalue weighted by Crippen LogP contribution is 2.28. The summed E-state index contributed by atoms with van der Waals surface area (Å²) in [6, 6.07) is 5.96. The van der Waals surface area contributed by atoms with Crippen LogP contribution >= 0.6 is 0 Å². The second-order valence-electron chi connectivity index (χ2n) is 6.67. The van der Waals surface area contributed by atoms with E-state index in [1.165, 1.54) is 0 Å². The minimum atomic E-state index is -0.788. The number of benzene rings is 1. The van der Waals surface area contributed by atoms with Crippen LogP contribution in [0.2, 0.25) is 0 Å². The van der Waals surface area contributed by atoms with Gasteiger partial charge in [0.25, 0.3) is 11.8 Å². The van der Waals surface area contributed by atoms with Crippen LogP contribution in [0.25, 0.3) is 0 Å². The third-order valence-electron chi connectivity index (χ3n) is 5.18. The van der Waals surface area contributed by atoms with E-state index in [4.69, 9.17) is 0 Å². The molecule has 2 atom stereocenters. The topological polar surface area (TPSA) is 69.7 Å². The van der Waals surface area contributed by atoms with E-state index in [0.29, 0.717) is 24.1 Å². The van der Waals surface area contributed by atoms with Gasteiger partial charge in [0.1, 0.15) is 6.04 Å². The van der Waals surface area contributed by atoms with Gasteiger partial charge in [-0.25, -0.2) is 0 Å². The molecule has 3 amide bonds. The Bertz CT molecular complexity index is 635. The van der Waals surface area contributed by atoms with Gasteiger partial charge in [-0.2, -0.15) is 0 Å². The molecule has 2 rings (SSSR count). The first kappa shape index (κ1) is 20.1. The van der Waals surface area contributed by atoms with Gasteiger partial charge in [0.05, 0.1) is 11.1 Å². The van der Waals surface area contributed by atoms with Crippen molar-refractivity contribution in [3.8, 4) is 0 Å². The van der Waals surface area contributed by atoms with Crippen molar-refractivity contribution in [2.75, 3.05) is 26.2 Å². The molecule has 0 saturated carbocycles. The van der Waals surface area contributed by atoms with Crippen molar-refractivity contribution in [1.29, 1.82) is 0 Å². The van der Waals surface area contributed by atoms with Gasteiger partial charge in [0.15, 0.2) is 0 Å². The average Bonchev–Trinajstić information content (AvgIpc) is 2.91. The van der Waals surface area contributed by atoms with Gasteiger partial charge in [-0.3, -0.25) is 19.3 Å². The summed E-state index contributed by atoms with van der Waals surface area (Å²) in [6.45, 7) is 11.1. The smallest absolute Gasteiger partial charge is 0.262 e. The van der Waals surface area contributed by atoms with Gasteiger partial charge >= 0.3 is 0 Å². The van der Waals surface area contributed by atoms with Gasteiger partial charge in [-0.05, 0) is 31.1 Å². The van der Waals surface area contributed by atoms with E-state index >= 15 is 0 Å². The van der Waals surface area contributed by atoms with Crippen molar-refractivity contribution >= 4 is 17.7 Å². The van der Waals surface area contributed by atoms with Crippen molar-refractivity contribution in [2.24, 2.45) is 5.92 Å². The van der Waals surface area contributed by atoms with E-state index < -0.39 is 6.04 Å². The van der Waals surface area contributed by atoms with Crippen LogP contribution in [-0.2, 0) is 4.79 Å². The number of nitrogens with zero attached hydrogens (tertiary/aromatic N) is 2. The fraction of sp³-hybridized carbons (Fsp3) is 0.550. The van der Waals surface area contributed by atoms with Crippen LogP contribution in [0.3, 0.4) is 0 Å². The molecule has 0 aliphatic carbocycles. The summed E-state index contributed by atoms with van der Waals surface area (Å²) in [5, 5.41) is 2.92. The standard InChI is InChI=1S/C20H29N3O3/c1-5-14(4)17(18(24)21-12-13-22(6-2)7-3)23-19(25)15-10-8-9-11-16(15)20(23)26/h8-11,14,17H,5-7,12-13H2,1-4H3,(H,21,24). The first-order valence-corrected chi connectivity index (χ1v) is 9.43. The lowest BCUT2D eigenvalue weighted by Crippen LogP contribution is -2.53. The lowest BCUT2D eigenvalue weighted by molar-refractivity contribution is -0.126. The number of fused-ring (bicyclic) bond motifs is 1. The minimum absolute atomic E-state index is 0.120. The Morgan fingerprint density at radius 3 is 2.08 bits per heavy atom. The molecule has 1 aromatic rings. The van der Waals surface area contributed by atoms with Crippen LogP contribution in [0, 0.1) is 5.92 Å². The SMILES string of the molecule is CCC(C)C(C(=O)NCCN(CC)CC)N1C(=O)c2ccccc2C1=O. The molecule has 1 aromatic carbocycles. The quantitative estimate of drug-likeness (QED) is 0.686. The Labute approximate surface area is 155 Å². The molecule has 2 unspecified atom stereocenters. The summed E-state index contributed by atoms with van der Waals surface area (Å²) in [4.78, 5) is 41.7. The first-order chi connectivity index (χ1) is 12.5. The molecule has 0 bridgehead atoms.